The van der Waals surface area contributed by atoms with Gasteiger partial charge < -0.3 is 15.8 Å². The minimum atomic E-state index is -1.30. The van der Waals surface area contributed by atoms with E-state index in [-0.39, 0.29) is 28.7 Å². The van der Waals surface area contributed by atoms with E-state index >= 15 is 0 Å². The van der Waals surface area contributed by atoms with Gasteiger partial charge in [0, 0.05) is 17.4 Å². The van der Waals surface area contributed by atoms with Gasteiger partial charge in [-0.05, 0) is 43.3 Å². The molecule has 142 valence electrons. The highest BCUT2D eigenvalue weighted by atomic mass is 19.1. The molecule has 1 amide bonds. The molecule has 0 aliphatic carbocycles. The van der Waals surface area contributed by atoms with Crippen LogP contribution < -0.4 is 11.1 Å². The van der Waals surface area contributed by atoms with Crippen molar-refractivity contribution in [2.75, 3.05) is 12.0 Å². The van der Waals surface area contributed by atoms with Gasteiger partial charge in [0.15, 0.2) is 0 Å². The maximum atomic E-state index is 14.5. The molecule has 9 heteroatoms. The quantitative estimate of drug-likeness (QED) is 0.843. The summed E-state index contributed by atoms with van der Waals surface area (Å²) < 4.78 is 32.4. The van der Waals surface area contributed by atoms with E-state index < -0.39 is 23.9 Å². The molecule has 1 aliphatic heterocycles. The molecule has 0 bridgehead atoms. The number of hydrogen-bond acceptors (Lipinski definition) is 6. The number of alkyl halides is 1. The predicted octanol–water partition coefficient (Wildman–Crippen LogP) is 2.76. The fraction of sp³-hybridized carbons (Fsp3) is 0.158. The van der Waals surface area contributed by atoms with Crippen molar-refractivity contribution in [1.82, 2.24) is 4.98 Å². The molecule has 3 N–H and O–H groups in total. The van der Waals surface area contributed by atoms with Crippen LogP contribution in [0.25, 0.3) is 0 Å². The third kappa shape index (κ3) is 3.81. The van der Waals surface area contributed by atoms with E-state index in [9.17, 15) is 13.6 Å². The number of pyridine rings is 1. The molecule has 0 saturated heterocycles. The van der Waals surface area contributed by atoms with Crippen molar-refractivity contribution in [3.8, 4) is 6.07 Å². The number of aliphatic imine (C=N–C) groups is 1. The highest BCUT2D eigenvalue weighted by molar-refractivity contribution is 6.02. The van der Waals surface area contributed by atoms with Crippen LogP contribution in [-0.2, 0) is 10.3 Å². The minimum absolute atomic E-state index is 0.0781. The lowest BCUT2D eigenvalue weighted by atomic mass is 9.90. The monoisotopic (exact) mass is 383 g/mol. The van der Waals surface area contributed by atoms with E-state index in [1.54, 1.807) is 6.92 Å². The number of nitrogens with two attached hydrogens (primary N) is 1. The number of nitrogens with zero attached hydrogens (tertiary/aromatic N) is 3. The zero-order valence-corrected chi connectivity index (χ0v) is 14.7. The van der Waals surface area contributed by atoms with Crippen molar-refractivity contribution in [3.05, 3.63) is 71.0 Å². The first-order chi connectivity index (χ1) is 13.3. The van der Waals surface area contributed by atoms with Gasteiger partial charge in [-0.2, -0.15) is 5.26 Å². The lowest BCUT2D eigenvalue weighted by Crippen LogP contribution is -2.31. The number of nitrogens with one attached hydrogen (secondary N) is 1. The van der Waals surface area contributed by atoms with Crippen molar-refractivity contribution >= 4 is 17.6 Å². The largest absolute Gasteiger partial charge is 0.428 e. The van der Waals surface area contributed by atoms with Crippen molar-refractivity contribution in [2.24, 2.45) is 10.7 Å². The molecule has 0 saturated carbocycles. The second-order valence-corrected chi connectivity index (χ2v) is 6.14. The van der Waals surface area contributed by atoms with Crippen LogP contribution in [0, 0.1) is 17.1 Å². The molecule has 1 aromatic heterocycles. The topological polar surface area (TPSA) is 113 Å². The molecule has 0 unspecified atom stereocenters. The van der Waals surface area contributed by atoms with Crippen LogP contribution >= 0.6 is 0 Å². The maximum Gasteiger partial charge on any atom is 0.288 e. The van der Waals surface area contributed by atoms with Crippen LogP contribution in [0.5, 0.6) is 0 Å². The van der Waals surface area contributed by atoms with Gasteiger partial charge in [0.25, 0.3) is 11.9 Å². The summed E-state index contributed by atoms with van der Waals surface area (Å²) in [5, 5.41) is 11.4. The number of amides is 1. The lowest BCUT2D eigenvalue weighted by molar-refractivity contribution is 0.102. The van der Waals surface area contributed by atoms with E-state index in [1.165, 1.54) is 36.5 Å². The summed E-state index contributed by atoms with van der Waals surface area (Å²) in [7, 11) is 0. The molecule has 3 rings (SSSR count). The standard InChI is InChI=1S/C19H15F2N5O2/c1-19(7-13(8-20)28-18(23)26-19)14-6-12(3-4-15(14)21)25-17(27)16-5-2-11(9-22)10-24-16/h2-7,10H,8H2,1H3,(H2,23,26)(H,25,27)/t19-/m0/s1. The van der Waals surface area contributed by atoms with Gasteiger partial charge in [-0.1, -0.05) is 0 Å². The van der Waals surface area contributed by atoms with Crippen molar-refractivity contribution < 1.29 is 18.3 Å². The zero-order chi connectivity index (χ0) is 20.3. The van der Waals surface area contributed by atoms with Crippen molar-refractivity contribution in [2.45, 2.75) is 12.5 Å². The first-order valence-corrected chi connectivity index (χ1v) is 8.13. The number of ether oxygens (including phenoxy) is 1. The molecule has 1 atom stereocenters. The summed E-state index contributed by atoms with van der Waals surface area (Å²) in [5.74, 6) is -1.22. The van der Waals surface area contributed by atoms with Crippen LogP contribution in [0.1, 0.15) is 28.5 Å². The predicted molar refractivity (Wildman–Crippen MR) is 97.4 cm³/mol. The van der Waals surface area contributed by atoms with Gasteiger partial charge in [0.05, 0.1) is 5.56 Å². The summed E-state index contributed by atoms with van der Waals surface area (Å²) >= 11 is 0. The fourth-order valence-corrected chi connectivity index (χ4v) is 2.75. The number of rotatable bonds is 4. The molecule has 2 heterocycles. The number of allylic oxidation sites excluding steroid dienone is 1. The Morgan fingerprint density at radius 1 is 1.39 bits per heavy atom. The molecule has 28 heavy (non-hydrogen) atoms. The molecular weight excluding hydrogens is 368 g/mol. The Kier molecular flexibility index (Phi) is 5.04. The summed E-state index contributed by atoms with van der Waals surface area (Å²) in [6.45, 7) is 0.623. The highest BCUT2D eigenvalue weighted by Crippen LogP contribution is 2.35. The average molecular weight is 383 g/mol. The van der Waals surface area contributed by atoms with Crippen LogP contribution in [0.3, 0.4) is 0 Å². The summed E-state index contributed by atoms with van der Waals surface area (Å²) in [6.07, 6.45) is 2.60. The molecule has 1 aromatic carbocycles. The lowest BCUT2D eigenvalue weighted by Gasteiger charge is -2.28. The fourth-order valence-electron chi connectivity index (χ4n) is 2.75. The van der Waals surface area contributed by atoms with Crippen LogP contribution in [0.15, 0.2) is 53.4 Å². The second kappa shape index (κ2) is 7.44. The van der Waals surface area contributed by atoms with E-state index in [0.717, 1.165) is 6.07 Å². The van der Waals surface area contributed by atoms with Crippen LogP contribution in [0.4, 0.5) is 14.5 Å². The third-order valence-electron chi connectivity index (χ3n) is 4.05. The summed E-state index contributed by atoms with van der Waals surface area (Å²) in [4.78, 5) is 20.3. The number of anilines is 1. The summed E-state index contributed by atoms with van der Waals surface area (Å²) in [5.41, 5.74) is 5.04. The average Bonchev–Trinajstić information content (AvgIpc) is 2.68. The zero-order valence-electron chi connectivity index (χ0n) is 14.7. The number of benzene rings is 1. The maximum absolute atomic E-state index is 14.5. The first kappa shape index (κ1) is 19.0. The Morgan fingerprint density at radius 3 is 2.82 bits per heavy atom. The number of halogens is 2. The van der Waals surface area contributed by atoms with Crippen LogP contribution in [0.2, 0.25) is 0 Å². The van der Waals surface area contributed by atoms with Gasteiger partial charge in [0.2, 0.25) is 0 Å². The number of aromatic nitrogens is 1. The number of carbonyl (C=O) groups excluding carboxylic acids is 1. The summed E-state index contributed by atoms with van der Waals surface area (Å²) in [6, 6.07) is 8.40. The second-order valence-electron chi connectivity index (χ2n) is 6.14. The molecular formula is C19H15F2N5O2. The SMILES string of the molecule is C[C@@]1(c2cc(NC(=O)c3ccc(C#N)cn3)ccc2F)C=C(CF)OC(N)=N1. The Balaban J connectivity index is 1.91. The van der Waals surface area contributed by atoms with Gasteiger partial charge >= 0.3 is 0 Å². The van der Waals surface area contributed by atoms with E-state index in [1.807, 2.05) is 6.07 Å². The normalized spacial score (nSPS) is 18.4. The molecule has 0 radical (unpaired) electrons. The van der Waals surface area contributed by atoms with Gasteiger partial charge in [0.1, 0.15) is 35.6 Å². The van der Waals surface area contributed by atoms with E-state index in [2.05, 4.69) is 15.3 Å². The Morgan fingerprint density at radius 2 is 2.18 bits per heavy atom. The number of nitriles is 1. The highest BCUT2D eigenvalue weighted by Gasteiger charge is 2.32. The molecule has 0 fully saturated rings. The smallest absolute Gasteiger partial charge is 0.288 e. The van der Waals surface area contributed by atoms with Gasteiger partial charge in [-0.3, -0.25) is 4.79 Å². The number of amidine groups is 1. The van der Waals surface area contributed by atoms with Crippen molar-refractivity contribution in [3.63, 3.8) is 0 Å². The minimum Gasteiger partial charge on any atom is -0.428 e. The number of carbonyl (C=O) groups is 1. The number of hydrogen-bond donors (Lipinski definition) is 2. The van der Waals surface area contributed by atoms with E-state index in [4.69, 9.17) is 15.7 Å². The van der Waals surface area contributed by atoms with E-state index in [0.29, 0.717) is 5.56 Å². The van der Waals surface area contributed by atoms with Gasteiger partial charge in [-0.25, -0.2) is 18.8 Å². The Labute approximate surface area is 159 Å². The first-order valence-electron chi connectivity index (χ1n) is 8.13. The molecule has 0 spiro atoms. The van der Waals surface area contributed by atoms with Crippen molar-refractivity contribution in [1.29, 1.82) is 5.26 Å². The third-order valence-corrected chi connectivity index (χ3v) is 4.05. The Hall–Kier alpha value is -3.80. The van der Waals surface area contributed by atoms with Crippen LogP contribution in [-0.4, -0.2) is 23.6 Å². The Bertz CT molecular complexity index is 1030. The molecule has 2 aromatic rings. The molecule has 7 nitrogen and oxygen atoms in total. The molecule has 1 aliphatic rings. The van der Waals surface area contributed by atoms with Gasteiger partial charge in [-0.15, -0.1) is 0 Å².